The fourth-order valence-corrected chi connectivity index (χ4v) is 4.38. The van der Waals surface area contributed by atoms with Crippen molar-refractivity contribution in [1.82, 2.24) is 15.5 Å². The van der Waals surface area contributed by atoms with Gasteiger partial charge in [-0.1, -0.05) is 55.0 Å². The maximum atomic E-state index is 13.8. The number of rotatable bonds is 11. The van der Waals surface area contributed by atoms with E-state index in [0.29, 0.717) is 22.6 Å². The molecule has 0 saturated heterocycles. The minimum absolute atomic E-state index is 0.190. The van der Waals surface area contributed by atoms with Crippen molar-refractivity contribution in [2.75, 3.05) is 13.7 Å². The van der Waals surface area contributed by atoms with Crippen LogP contribution in [-0.4, -0.2) is 41.8 Å². The molecule has 3 amide bonds. The van der Waals surface area contributed by atoms with E-state index in [1.54, 1.807) is 42.8 Å². The van der Waals surface area contributed by atoms with Crippen molar-refractivity contribution in [2.24, 2.45) is 0 Å². The highest BCUT2D eigenvalue weighted by molar-refractivity contribution is 7.12. The molecule has 0 aliphatic heterocycles. The van der Waals surface area contributed by atoms with E-state index in [1.807, 2.05) is 58.0 Å². The van der Waals surface area contributed by atoms with Crippen molar-refractivity contribution in [2.45, 2.75) is 52.2 Å². The first-order valence-corrected chi connectivity index (χ1v) is 13.1. The molecule has 0 radical (unpaired) electrons. The molecule has 0 fully saturated rings. The Morgan fingerprint density at radius 2 is 1.78 bits per heavy atom. The van der Waals surface area contributed by atoms with Gasteiger partial charge in [0.25, 0.3) is 5.91 Å². The predicted molar refractivity (Wildman–Crippen MR) is 147 cm³/mol. The number of nitrogens with one attached hydrogen (secondary N) is 2. The van der Waals surface area contributed by atoms with Crippen molar-refractivity contribution in [3.05, 3.63) is 87.6 Å². The van der Waals surface area contributed by atoms with Crippen LogP contribution in [0.4, 0.5) is 0 Å². The van der Waals surface area contributed by atoms with Gasteiger partial charge in [0.2, 0.25) is 11.8 Å². The molecule has 2 aromatic carbocycles. The summed E-state index contributed by atoms with van der Waals surface area (Å²) in [6.45, 7) is 7.83. The second kappa shape index (κ2) is 12.5. The fraction of sp³-hybridized carbons (Fsp3) is 0.345. The van der Waals surface area contributed by atoms with Crippen LogP contribution in [0.25, 0.3) is 0 Å². The van der Waals surface area contributed by atoms with Crippen LogP contribution < -0.4 is 15.4 Å². The third-order valence-corrected chi connectivity index (χ3v) is 7.12. The standard InChI is InChI=1S/C29H35N3O4S/c1-6-29(3,4)31-28(35)26(22-9-7-10-23(17-22)36-5)32(19-21-14-12-20(2)13-15-21)25(33)18-30-27(34)24-11-8-16-37-24/h7-17,26H,6,18-19H2,1-5H3,(H,30,34)(H,31,35)/t26-/m0/s1. The van der Waals surface area contributed by atoms with Crippen molar-refractivity contribution < 1.29 is 19.1 Å². The molecule has 0 aliphatic carbocycles. The zero-order chi connectivity index (χ0) is 27.0. The molecule has 3 aromatic rings. The zero-order valence-electron chi connectivity index (χ0n) is 22.0. The Balaban J connectivity index is 2.00. The van der Waals surface area contributed by atoms with Gasteiger partial charge >= 0.3 is 0 Å². The van der Waals surface area contributed by atoms with Crippen molar-refractivity contribution in [3.8, 4) is 5.75 Å². The van der Waals surface area contributed by atoms with Crippen LogP contribution >= 0.6 is 11.3 Å². The lowest BCUT2D eigenvalue weighted by Gasteiger charge is -2.35. The maximum absolute atomic E-state index is 13.8. The van der Waals surface area contributed by atoms with Crippen LogP contribution in [0.5, 0.6) is 5.75 Å². The second-order valence-corrected chi connectivity index (χ2v) is 10.5. The normalized spacial score (nSPS) is 11.9. The van der Waals surface area contributed by atoms with Crippen LogP contribution in [0, 0.1) is 6.92 Å². The summed E-state index contributed by atoms with van der Waals surface area (Å²) in [6, 6.07) is 17.5. The molecule has 0 unspecified atom stereocenters. The smallest absolute Gasteiger partial charge is 0.261 e. The molecule has 7 nitrogen and oxygen atoms in total. The van der Waals surface area contributed by atoms with Crippen LogP contribution in [0.2, 0.25) is 0 Å². The van der Waals surface area contributed by atoms with E-state index < -0.39 is 11.6 Å². The first-order valence-electron chi connectivity index (χ1n) is 12.3. The van der Waals surface area contributed by atoms with Crippen molar-refractivity contribution in [1.29, 1.82) is 0 Å². The van der Waals surface area contributed by atoms with E-state index >= 15 is 0 Å². The number of carbonyl (C=O) groups is 3. The van der Waals surface area contributed by atoms with E-state index in [9.17, 15) is 14.4 Å². The lowest BCUT2D eigenvalue weighted by molar-refractivity contribution is -0.141. The highest BCUT2D eigenvalue weighted by atomic mass is 32.1. The first kappa shape index (κ1) is 27.9. The van der Waals surface area contributed by atoms with Crippen LogP contribution in [0.3, 0.4) is 0 Å². The lowest BCUT2D eigenvalue weighted by atomic mass is 9.98. The van der Waals surface area contributed by atoms with Crippen LogP contribution in [0.15, 0.2) is 66.0 Å². The Labute approximate surface area is 222 Å². The Bertz CT molecular complexity index is 1210. The summed E-state index contributed by atoms with van der Waals surface area (Å²) in [5, 5.41) is 7.62. The molecular formula is C29H35N3O4S. The number of ether oxygens (including phenoxy) is 1. The molecule has 3 rings (SSSR count). The third-order valence-electron chi connectivity index (χ3n) is 6.25. The summed E-state index contributed by atoms with van der Waals surface area (Å²) >= 11 is 1.30. The molecule has 37 heavy (non-hydrogen) atoms. The van der Waals surface area contributed by atoms with Gasteiger partial charge in [0.15, 0.2) is 0 Å². The zero-order valence-corrected chi connectivity index (χ0v) is 22.9. The minimum atomic E-state index is -0.937. The number of amides is 3. The number of aryl methyl sites for hydroxylation is 1. The summed E-state index contributed by atoms with van der Waals surface area (Å²) in [5.41, 5.74) is 2.12. The summed E-state index contributed by atoms with van der Waals surface area (Å²) in [5.74, 6) is -0.417. The molecule has 196 valence electrons. The number of hydrogen-bond donors (Lipinski definition) is 2. The fourth-order valence-electron chi connectivity index (χ4n) is 3.74. The Morgan fingerprint density at radius 1 is 1.05 bits per heavy atom. The maximum Gasteiger partial charge on any atom is 0.261 e. The van der Waals surface area contributed by atoms with Gasteiger partial charge < -0.3 is 20.3 Å². The monoisotopic (exact) mass is 521 g/mol. The van der Waals surface area contributed by atoms with Gasteiger partial charge in [-0.3, -0.25) is 14.4 Å². The van der Waals surface area contributed by atoms with E-state index in [1.165, 1.54) is 16.2 Å². The van der Waals surface area contributed by atoms with Gasteiger partial charge in [-0.25, -0.2) is 0 Å². The van der Waals surface area contributed by atoms with Gasteiger partial charge in [0.1, 0.15) is 11.8 Å². The minimum Gasteiger partial charge on any atom is -0.497 e. The van der Waals surface area contributed by atoms with E-state index in [2.05, 4.69) is 10.6 Å². The van der Waals surface area contributed by atoms with Crippen molar-refractivity contribution in [3.63, 3.8) is 0 Å². The number of methoxy groups -OCH3 is 1. The summed E-state index contributed by atoms with van der Waals surface area (Å²) in [4.78, 5) is 42.1. The number of thiophene rings is 1. The highest BCUT2D eigenvalue weighted by Gasteiger charge is 2.34. The molecule has 1 aromatic heterocycles. The molecule has 0 saturated carbocycles. The van der Waals surface area contributed by atoms with Gasteiger partial charge in [0, 0.05) is 12.1 Å². The summed E-state index contributed by atoms with van der Waals surface area (Å²) in [6.07, 6.45) is 0.715. The van der Waals surface area contributed by atoms with Crippen LogP contribution in [-0.2, 0) is 16.1 Å². The average Bonchev–Trinajstić information content (AvgIpc) is 3.43. The van der Waals surface area contributed by atoms with Crippen LogP contribution in [0.1, 0.15) is 59.6 Å². The molecule has 0 aliphatic rings. The SMILES string of the molecule is CCC(C)(C)NC(=O)[C@H](c1cccc(OC)c1)N(Cc1ccc(C)cc1)C(=O)CNC(=O)c1cccs1. The topological polar surface area (TPSA) is 87.7 Å². The second-order valence-electron chi connectivity index (χ2n) is 9.57. The van der Waals surface area contributed by atoms with Crippen molar-refractivity contribution >= 4 is 29.1 Å². The van der Waals surface area contributed by atoms with E-state index in [4.69, 9.17) is 4.74 Å². The molecule has 1 heterocycles. The molecule has 2 N–H and O–H groups in total. The average molecular weight is 522 g/mol. The first-order chi connectivity index (χ1) is 17.6. The number of nitrogens with zero attached hydrogens (tertiary/aromatic N) is 1. The molecule has 0 spiro atoms. The molecule has 1 atom stereocenters. The Hall–Kier alpha value is -3.65. The summed E-state index contributed by atoms with van der Waals surface area (Å²) < 4.78 is 5.41. The number of carbonyl (C=O) groups excluding carboxylic acids is 3. The predicted octanol–water partition coefficient (Wildman–Crippen LogP) is 4.87. The van der Waals surface area contributed by atoms with Gasteiger partial charge in [0.05, 0.1) is 18.5 Å². The lowest BCUT2D eigenvalue weighted by Crippen LogP contribution is -2.51. The highest BCUT2D eigenvalue weighted by Crippen LogP contribution is 2.28. The molecular weight excluding hydrogens is 486 g/mol. The molecule has 0 bridgehead atoms. The Kier molecular flexibility index (Phi) is 9.47. The largest absolute Gasteiger partial charge is 0.497 e. The van der Waals surface area contributed by atoms with Gasteiger partial charge in [-0.15, -0.1) is 11.3 Å². The van der Waals surface area contributed by atoms with Gasteiger partial charge in [-0.2, -0.15) is 0 Å². The van der Waals surface area contributed by atoms with E-state index in [0.717, 1.165) is 11.1 Å². The quantitative estimate of drug-likeness (QED) is 0.377. The summed E-state index contributed by atoms with van der Waals surface area (Å²) in [7, 11) is 1.56. The Morgan fingerprint density at radius 3 is 2.41 bits per heavy atom. The molecule has 8 heteroatoms. The van der Waals surface area contributed by atoms with Gasteiger partial charge in [-0.05, 0) is 61.9 Å². The number of hydrogen-bond acceptors (Lipinski definition) is 5. The third kappa shape index (κ3) is 7.67. The van der Waals surface area contributed by atoms with E-state index in [-0.39, 0.29) is 30.8 Å². The number of benzene rings is 2.